The number of rotatable bonds is 6. The van der Waals surface area contributed by atoms with E-state index in [1.54, 1.807) is 19.2 Å². The van der Waals surface area contributed by atoms with Crippen LogP contribution in [-0.2, 0) is 11.3 Å². The Balaban J connectivity index is 1.47. The van der Waals surface area contributed by atoms with E-state index in [0.29, 0.717) is 6.54 Å². The molecule has 3 rings (SSSR count). The maximum absolute atomic E-state index is 12.9. The highest BCUT2D eigenvalue weighted by Crippen LogP contribution is 2.21. The molecule has 27 heavy (non-hydrogen) atoms. The average Bonchev–Trinajstić information content (AvgIpc) is 2.73. The number of benzene rings is 2. The number of amides is 1. The standard InChI is InChI=1S/C21H26FN3O2/c1-16(21(26)23-15-17-3-5-18(22)6-4-17)24-11-13-25(14-12-24)19-7-9-20(27-2)10-8-19/h3-10,16H,11-15H2,1-2H3,(H,23,26)/t16-/m0/s1. The van der Waals surface area contributed by atoms with Gasteiger partial charge in [-0.05, 0) is 48.9 Å². The fraction of sp³-hybridized carbons (Fsp3) is 0.381. The Morgan fingerprint density at radius 1 is 1.07 bits per heavy atom. The topological polar surface area (TPSA) is 44.8 Å². The molecule has 1 atom stereocenters. The van der Waals surface area contributed by atoms with E-state index in [2.05, 4.69) is 27.2 Å². The van der Waals surface area contributed by atoms with Crippen molar-refractivity contribution in [3.63, 3.8) is 0 Å². The van der Waals surface area contributed by atoms with Crippen LogP contribution in [0.15, 0.2) is 48.5 Å². The van der Waals surface area contributed by atoms with Crippen LogP contribution in [0.2, 0.25) is 0 Å². The minimum atomic E-state index is -0.270. The Hall–Kier alpha value is -2.60. The first-order valence-corrected chi connectivity index (χ1v) is 9.22. The van der Waals surface area contributed by atoms with Crippen LogP contribution < -0.4 is 15.0 Å². The summed E-state index contributed by atoms with van der Waals surface area (Å²) in [4.78, 5) is 17.0. The van der Waals surface area contributed by atoms with Gasteiger partial charge in [-0.2, -0.15) is 0 Å². The van der Waals surface area contributed by atoms with E-state index in [1.807, 2.05) is 19.1 Å². The molecule has 1 aliphatic heterocycles. The van der Waals surface area contributed by atoms with Crippen molar-refractivity contribution in [2.75, 3.05) is 38.2 Å². The molecule has 0 spiro atoms. The minimum absolute atomic E-state index is 0.00257. The van der Waals surface area contributed by atoms with Crippen molar-refractivity contribution in [3.05, 3.63) is 59.9 Å². The molecule has 1 fully saturated rings. The van der Waals surface area contributed by atoms with Crippen molar-refractivity contribution < 1.29 is 13.9 Å². The lowest BCUT2D eigenvalue weighted by molar-refractivity contribution is -0.126. The molecule has 144 valence electrons. The Bertz CT molecular complexity index is 741. The normalized spacial score (nSPS) is 16.0. The van der Waals surface area contributed by atoms with Crippen LogP contribution in [0.1, 0.15) is 12.5 Å². The highest BCUT2D eigenvalue weighted by atomic mass is 19.1. The van der Waals surface area contributed by atoms with Crippen LogP contribution in [-0.4, -0.2) is 50.1 Å². The van der Waals surface area contributed by atoms with Gasteiger partial charge in [0.15, 0.2) is 0 Å². The molecule has 1 aliphatic rings. The average molecular weight is 371 g/mol. The molecule has 0 unspecified atom stereocenters. The molecule has 2 aromatic rings. The summed E-state index contributed by atoms with van der Waals surface area (Å²) in [7, 11) is 1.66. The van der Waals surface area contributed by atoms with Crippen LogP contribution in [0.5, 0.6) is 5.75 Å². The number of hydrogen-bond acceptors (Lipinski definition) is 4. The van der Waals surface area contributed by atoms with Gasteiger partial charge in [0, 0.05) is 38.4 Å². The highest BCUT2D eigenvalue weighted by Gasteiger charge is 2.25. The van der Waals surface area contributed by atoms with E-state index >= 15 is 0 Å². The van der Waals surface area contributed by atoms with E-state index in [0.717, 1.165) is 37.5 Å². The number of halogens is 1. The van der Waals surface area contributed by atoms with Gasteiger partial charge < -0.3 is 15.0 Å². The fourth-order valence-corrected chi connectivity index (χ4v) is 3.27. The summed E-state index contributed by atoms with van der Waals surface area (Å²) in [6, 6.07) is 14.1. The highest BCUT2D eigenvalue weighted by molar-refractivity contribution is 5.81. The number of piperazine rings is 1. The maximum Gasteiger partial charge on any atom is 0.237 e. The third kappa shape index (κ3) is 4.98. The van der Waals surface area contributed by atoms with Crippen molar-refractivity contribution in [2.45, 2.75) is 19.5 Å². The predicted molar refractivity (Wildman–Crippen MR) is 104 cm³/mol. The molecule has 2 aromatic carbocycles. The van der Waals surface area contributed by atoms with E-state index in [9.17, 15) is 9.18 Å². The molecule has 0 aromatic heterocycles. The van der Waals surface area contributed by atoms with Gasteiger partial charge in [-0.15, -0.1) is 0 Å². The number of hydrogen-bond donors (Lipinski definition) is 1. The summed E-state index contributed by atoms with van der Waals surface area (Å²) in [5.41, 5.74) is 2.06. The van der Waals surface area contributed by atoms with Crippen molar-refractivity contribution >= 4 is 11.6 Å². The number of anilines is 1. The zero-order valence-corrected chi connectivity index (χ0v) is 15.8. The summed E-state index contributed by atoms with van der Waals surface area (Å²) < 4.78 is 18.1. The van der Waals surface area contributed by atoms with Gasteiger partial charge in [0.2, 0.25) is 5.91 Å². The number of ether oxygens (including phenoxy) is 1. The second-order valence-electron chi connectivity index (χ2n) is 6.74. The molecule has 0 aliphatic carbocycles. The molecule has 0 saturated carbocycles. The van der Waals surface area contributed by atoms with E-state index < -0.39 is 0 Å². The summed E-state index contributed by atoms with van der Waals surface area (Å²) >= 11 is 0. The van der Waals surface area contributed by atoms with E-state index in [-0.39, 0.29) is 17.8 Å². The van der Waals surface area contributed by atoms with Crippen LogP contribution in [0, 0.1) is 5.82 Å². The van der Waals surface area contributed by atoms with Crippen LogP contribution >= 0.6 is 0 Å². The Labute approximate surface area is 159 Å². The number of nitrogens with one attached hydrogen (secondary N) is 1. The lowest BCUT2D eigenvalue weighted by Gasteiger charge is -2.38. The Kier molecular flexibility index (Phi) is 6.29. The van der Waals surface area contributed by atoms with Gasteiger partial charge in [0.1, 0.15) is 11.6 Å². The second-order valence-corrected chi connectivity index (χ2v) is 6.74. The molecular formula is C21H26FN3O2. The smallest absolute Gasteiger partial charge is 0.237 e. The quantitative estimate of drug-likeness (QED) is 0.848. The largest absolute Gasteiger partial charge is 0.497 e. The third-order valence-corrected chi connectivity index (χ3v) is 5.06. The molecule has 0 bridgehead atoms. The molecule has 1 N–H and O–H groups in total. The Morgan fingerprint density at radius 2 is 1.70 bits per heavy atom. The first kappa shape index (κ1) is 19.2. The fourth-order valence-electron chi connectivity index (χ4n) is 3.27. The lowest BCUT2D eigenvalue weighted by Crippen LogP contribution is -2.53. The SMILES string of the molecule is COc1ccc(N2CCN([C@@H](C)C(=O)NCc3ccc(F)cc3)CC2)cc1. The van der Waals surface area contributed by atoms with Gasteiger partial charge >= 0.3 is 0 Å². The Morgan fingerprint density at radius 3 is 2.30 bits per heavy atom. The molecule has 0 radical (unpaired) electrons. The summed E-state index contributed by atoms with van der Waals surface area (Å²) in [5, 5.41) is 2.94. The predicted octanol–water partition coefficient (Wildman–Crippen LogP) is 2.66. The first-order chi connectivity index (χ1) is 13.1. The number of carbonyl (C=O) groups excluding carboxylic acids is 1. The number of carbonyl (C=O) groups is 1. The number of methoxy groups -OCH3 is 1. The lowest BCUT2D eigenvalue weighted by atomic mass is 10.1. The third-order valence-electron chi connectivity index (χ3n) is 5.06. The summed E-state index contributed by atoms with van der Waals surface area (Å²) in [5.74, 6) is 0.578. The maximum atomic E-state index is 12.9. The zero-order chi connectivity index (χ0) is 19.2. The molecule has 1 saturated heterocycles. The van der Waals surface area contributed by atoms with Crippen molar-refractivity contribution in [3.8, 4) is 5.75 Å². The first-order valence-electron chi connectivity index (χ1n) is 9.22. The van der Waals surface area contributed by atoms with Gasteiger partial charge in [-0.25, -0.2) is 4.39 Å². The summed E-state index contributed by atoms with van der Waals surface area (Å²) in [6.45, 7) is 5.76. The van der Waals surface area contributed by atoms with E-state index in [4.69, 9.17) is 4.74 Å². The van der Waals surface area contributed by atoms with Crippen LogP contribution in [0.3, 0.4) is 0 Å². The van der Waals surface area contributed by atoms with Crippen LogP contribution in [0.4, 0.5) is 10.1 Å². The monoisotopic (exact) mass is 371 g/mol. The van der Waals surface area contributed by atoms with Gasteiger partial charge in [-0.1, -0.05) is 12.1 Å². The van der Waals surface area contributed by atoms with Gasteiger partial charge in [-0.3, -0.25) is 9.69 Å². The van der Waals surface area contributed by atoms with E-state index in [1.165, 1.54) is 17.8 Å². The minimum Gasteiger partial charge on any atom is -0.497 e. The van der Waals surface area contributed by atoms with Crippen molar-refractivity contribution in [1.82, 2.24) is 10.2 Å². The zero-order valence-electron chi connectivity index (χ0n) is 15.8. The molecule has 6 heteroatoms. The number of nitrogens with zero attached hydrogens (tertiary/aromatic N) is 2. The van der Waals surface area contributed by atoms with Gasteiger partial charge in [0.05, 0.1) is 13.2 Å². The molecular weight excluding hydrogens is 345 g/mol. The van der Waals surface area contributed by atoms with Gasteiger partial charge in [0.25, 0.3) is 0 Å². The van der Waals surface area contributed by atoms with Crippen LogP contribution in [0.25, 0.3) is 0 Å². The molecule has 1 amide bonds. The summed E-state index contributed by atoms with van der Waals surface area (Å²) in [6.07, 6.45) is 0. The second kappa shape index (κ2) is 8.86. The van der Waals surface area contributed by atoms with Crippen molar-refractivity contribution in [1.29, 1.82) is 0 Å². The van der Waals surface area contributed by atoms with Crippen molar-refractivity contribution in [2.24, 2.45) is 0 Å². The molecule has 1 heterocycles. The molecule has 5 nitrogen and oxygen atoms in total.